The van der Waals surface area contributed by atoms with Crippen molar-refractivity contribution >= 4 is 0 Å². The first-order valence-corrected chi connectivity index (χ1v) is 4.45. The van der Waals surface area contributed by atoms with Gasteiger partial charge >= 0.3 is 0 Å². The molecule has 0 spiro atoms. The summed E-state index contributed by atoms with van der Waals surface area (Å²) in [5.74, 6) is 0. The molecule has 0 saturated carbocycles. The van der Waals surface area contributed by atoms with Crippen LogP contribution in [0.15, 0.2) is 36.1 Å². The number of hydrogen-bond acceptors (Lipinski definition) is 2. The van der Waals surface area contributed by atoms with Crippen LogP contribution in [0.5, 0.6) is 0 Å². The Bertz CT molecular complexity index is 214. The normalized spacial score (nSPS) is 15.4. The number of hydrogen-bond donors (Lipinski definition) is 2. The highest BCUT2D eigenvalue weighted by atomic mass is 16.3. The summed E-state index contributed by atoms with van der Waals surface area (Å²) in [5, 5.41) is 12.1. The Morgan fingerprint density at radius 3 is 2.54 bits per heavy atom. The molecule has 2 N–H and O–H groups in total. The minimum atomic E-state index is -0.312. The van der Waals surface area contributed by atoms with Crippen LogP contribution in [-0.2, 0) is 0 Å². The molecule has 0 aromatic rings. The lowest BCUT2D eigenvalue weighted by Gasteiger charge is -2.07. The molecule has 1 unspecified atom stereocenters. The Morgan fingerprint density at radius 1 is 1.46 bits per heavy atom. The van der Waals surface area contributed by atoms with Crippen molar-refractivity contribution < 1.29 is 5.11 Å². The van der Waals surface area contributed by atoms with Gasteiger partial charge in [0, 0.05) is 12.2 Å². The van der Waals surface area contributed by atoms with E-state index in [4.69, 9.17) is 5.11 Å². The molecule has 0 radical (unpaired) electrons. The molecule has 0 aliphatic heterocycles. The van der Waals surface area contributed by atoms with E-state index >= 15 is 0 Å². The topological polar surface area (TPSA) is 32.3 Å². The van der Waals surface area contributed by atoms with Gasteiger partial charge in [-0.2, -0.15) is 0 Å². The number of allylic oxidation sites excluding steroid dienone is 5. The SMILES string of the molecule is C=C/C(C)=C\C=C(/C)NCC(C)O. The Labute approximate surface area is 80.7 Å². The lowest BCUT2D eigenvalue weighted by atomic mass is 10.2. The van der Waals surface area contributed by atoms with Crippen molar-refractivity contribution in [3.8, 4) is 0 Å². The smallest absolute Gasteiger partial charge is 0.0684 e. The minimum Gasteiger partial charge on any atom is -0.392 e. The average Bonchev–Trinajstić information content (AvgIpc) is 2.10. The molecule has 74 valence electrons. The van der Waals surface area contributed by atoms with E-state index in [9.17, 15) is 0 Å². The predicted octanol–water partition coefficient (Wildman–Crippen LogP) is 1.99. The molecule has 0 aromatic carbocycles. The highest BCUT2D eigenvalue weighted by molar-refractivity contribution is 5.21. The fourth-order valence-corrected chi connectivity index (χ4v) is 0.692. The monoisotopic (exact) mass is 181 g/mol. The van der Waals surface area contributed by atoms with E-state index in [1.54, 1.807) is 13.0 Å². The summed E-state index contributed by atoms with van der Waals surface area (Å²) in [6, 6.07) is 0. The van der Waals surface area contributed by atoms with Crippen LogP contribution in [-0.4, -0.2) is 17.8 Å². The fraction of sp³-hybridized carbons (Fsp3) is 0.455. The van der Waals surface area contributed by atoms with E-state index in [1.807, 2.05) is 26.0 Å². The Hall–Kier alpha value is -1.02. The first-order valence-electron chi connectivity index (χ1n) is 4.45. The van der Waals surface area contributed by atoms with E-state index in [-0.39, 0.29) is 6.10 Å². The summed E-state index contributed by atoms with van der Waals surface area (Å²) in [5.41, 5.74) is 2.17. The van der Waals surface area contributed by atoms with Gasteiger partial charge in [-0.15, -0.1) is 0 Å². The van der Waals surface area contributed by atoms with Crippen molar-refractivity contribution in [3.63, 3.8) is 0 Å². The fourth-order valence-electron chi connectivity index (χ4n) is 0.692. The van der Waals surface area contributed by atoms with Crippen molar-refractivity contribution in [2.75, 3.05) is 6.54 Å². The van der Waals surface area contributed by atoms with Crippen molar-refractivity contribution in [1.29, 1.82) is 0 Å². The second-order valence-corrected chi connectivity index (χ2v) is 3.19. The second kappa shape index (κ2) is 6.49. The third-order valence-electron chi connectivity index (χ3n) is 1.59. The summed E-state index contributed by atoms with van der Waals surface area (Å²) in [4.78, 5) is 0. The molecule has 0 saturated heterocycles. The Balaban J connectivity index is 3.95. The molecule has 13 heavy (non-hydrogen) atoms. The maximum atomic E-state index is 9.00. The standard InChI is InChI=1S/C11H19NO/c1-5-9(2)6-7-10(3)12-8-11(4)13/h5-7,11-13H,1,8H2,2-4H3/b9-6-,10-7+. The molecule has 0 rings (SSSR count). The van der Waals surface area contributed by atoms with Crippen LogP contribution in [0.2, 0.25) is 0 Å². The summed E-state index contributed by atoms with van der Waals surface area (Å²) >= 11 is 0. The summed E-state index contributed by atoms with van der Waals surface area (Å²) < 4.78 is 0. The summed E-state index contributed by atoms with van der Waals surface area (Å²) in [7, 11) is 0. The molecular formula is C11H19NO. The molecule has 0 bridgehead atoms. The molecule has 0 fully saturated rings. The summed E-state index contributed by atoms with van der Waals surface area (Å²) in [6.07, 6.45) is 5.45. The first-order chi connectivity index (χ1) is 6.06. The molecule has 2 nitrogen and oxygen atoms in total. The molecule has 0 aliphatic carbocycles. The van der Waals surface area contributed by atoms with Crippen LogP contribution >= 0.6 is 0 Å². The minimum absolute atomic E-state index is 0.312. The van der Waals surface area contributed by atoms with Gasteiger partial charge in [0.25, 0.3) is 0 Å². The van der Waals surface area contributed by atoms with Gasteiger partial charge in [0.05, 0.1) is 6.10 Å². The van der Waals surface area contributed by atoms with Crippen molar-refractivity contribution in [1.82, 2.24) is 5.32 Å². The van der Waals surface area contributed by atoms with Crippen molar-refractivity contribution in [3.05, 3.63) is 36.1 Å². The number of aliphatic hydroxyl groups excluding tert-OH is 1. The zero-order valence-corrected chi connectivity index (χ0v) is 8.67. The van der Waals surface area contributed by atoms with E-state index in [1.165, 1.54) is 0 Å². The lowest BCUT2D eigenvalue weighted by Crippen LogP contribution is -2.22. The van der Waals surface area contributed by atoms with Gasteiger partial charge in [0.1, 0.15) is 0 Å². The van der Waals surface area contributed by atoms with Gasteiger partial charge < -0.3 is 10.4 Å². The molecule has 1 atom stereocenters. The second-order valence-electron chi connectivity index (χ2n) is 3.19. The lowest BCUT2D eigenvalue weighted by molar-refractivity contribution is 0.195. The summed E-state index contributed by atoms with van der Waals surface area (Å²) in [6.45, 7) is 9.96. The van der Waals surface area contributed by atoms with E-state index in [0.29, 0.717) is 6.54 Å². The maximum Gasteiger partial charge on any atom is 0.0684 e. The van der Waals surface area contributed by atoms with Crippen molar-refractivity contribution in [2.24, 2.45) is 0 Å². The van der Waals surface area contributed by atoms with E-state index < -0.39 is 0 Å². The van der Waals surface area contributed by atoms with Crippen LogP contribution in [0, 0.1) is 0 Å². The van der Waals surface area contributed by atoms with Gasteiger partial charge in [0.15, 0.2) is 0 Å². The Morgan fingerprint density at radius 2 is 2.08 bits per heavy atom. The number of nitrogens with one attached hydrogen (secondary N) is 1. The third-order valence-corrected chi connectivity index (χ3v) is 1.59. The highest BCUT2D eigenvalue weighted by Crippen LogP contribution is 1.95. The quantitative estimate of drug-likeness (QED) is 0.636. The molecule has 2 heteroatoms. The molecular weight excluding hydrogens is 162 g/mol. The van der Waals surface area contributed by atoms with Crippen LogP contribution in [0.4, 0.5) is 0 Å². The van der Waals surface area contributed by atoms with Crippen LogP contribution < -0.4 is 5.32 Å². The van der Waals surface area contributed by atoms with Gasteiger partial charge in [-0.3, -0.25) is 0 Å². The third kappa shape index (κ3) is 7.34. The van der Waals surface area contributed by atoms with E-state index in [2.05, 4.69) is 11.9 Å². The van der Waals surface area contributed by atoms with Crippen molar-refractivity contribution in [2.45, 2.75) is 26.9 Å². The number of aliphatic hydroxyl groups is 1. The average molecular weight is 181 g/mol. The largest absolute Gasteiger partial charge is 0.392 e. The van der Waals surface area contributed by atoms with Crippen LogP contribution in [0.1, 0.15) is 20.8 Å². The van der Waals surface area contributed by atoms with Gasteiger partial charge in [0.2, 0.25) is 0 Å². The number of rotatable bonds is 5. The molecule has 0 amide bonds. The first kappa shape index (κ1) is 12.0. The van der Waals surface area contributed by atoms with E-state index in [0.717, 1.165) is 11.3 Å². The zero-order chi connectivity index (χ0) is 10.3. The highest BCUT2D eigenvalue weighted by Gasteiger charge is 1.92. The molecule has 0 aromatic heterocycles. The van der Waals surface area contributed by atoms with Crippen LogP contribution in [0.25, 0.3) is 0 Å². The predicted molar refractivity (Wildman–Crippen MR) is 57.4 cm³/mol. The Kier molecular flexibility index (Phi) is 5.98. The van der Waals surface area contributed by atoms with Crippen LogP contribution in [0.3, 0.4) is 0 Å². The molecule has 0 heterocycles. The zero-order valence-electron chi connectivity index (χ0n) is 8.67. The molecule has 0 aliphatic rings. The van der Waals surface area contributed by atoms with Gasteiger partial charge in [-0.25, -0.2) is 0 Å². The van der Waals surface area contributed by atoms with Gasteiger partial charge in [-0.05, 0) is 26.8 Å². The van der Waals surface area contributed by atoms with Gasteiger partial charge in [-0.1, -0.05) is 24.3 Å². The maximum absolute atomic E-state index is 9.00.